The summed E-state index contributed by atoms with van der Waals surface area (Å²) >= 11 is 0. The Hall–Kier alpha value is -4.33. The average molecular weight is 457 g/mol. The van der Waals surface area contributed by atoms with Gasteiger partial charge in [0.1, 0.15) is 17.5 Å². The molecule has 0 aliphatic heterocycles. The van der Waals surface area contributed by atoms with Gasteiger partial charge in [0.15, 0.2) is 23.8 Å². The molecule has 2 atom stereocenters. The molecule has 0 spiro atoms. The number of pyridine rings is 1. The lowest BCUT2D eigenvalue weighted by Gasteiger charge is -2.22. The van der Waals surface area contributed by atoms with Crippen molar-refractivity contribution in [2.75, 3.05) is 12.4 Å². The fourth-order valence-electron chi connectivity index (χ4n) is 4.27. The highest BCUT2D eigenvalue weighted by molar-refractivity contribution is 5.85. The summed E-state index contributed by atoms with van der Waals surface area (Å²) in [5, 5.41) is 2.75. The number of aldehydes is 1. The number of nitrogens with zero attached hydrogens (tertiary/aromatic N) is 2. The molecular formula is C26H23N3O5. The Bertz CT molecular complexity index is 1360. The normalized spacial score (nSPS) is 16.6. The van der Waals surface area contributed by atoms with Crippen LogP contribution >= 0.6 is 0 Å². The molecule has 172 valence electrons. The number of benzene rings is 2. The Morgan fingerprint density at radius 3 is 2.68 bits per heavy atom. The zero-order valence-electron chi connectivity index (χ0n) is 18.7. The number of anilines is 1. The van der Waals surface area contributed by atoms with E-state index in [1.165, 1.54) is 0 Å². The van der Waals surface area contributed by atoms with Crippen molar-refractivity contribution in [1.82, 2.24) is 9.38 Å². The SMILES string of the molecule is COc1ccc(NC(=O)OC2Cc3ccccc3C2Oc2cccn3c(C=O)c(C)nc23)cc1. The molecule has 8 nitrogen and oxygen atoms in total. The van der Waals surface area contributed by atoms with Gasteiger partial charge in [0.05, 0.1) is 12.8 Å². The highest BCUT2D eigenvalue weighted by atomic mass is 16.6. The zero-order valence-corrected chi connectivity index (χ0v) is 18.7. The van der Waals surface area contributed by atoms with E-state index in [4.69, 9.17) is 14.2 Å². The van der Waals surface area contributed by atoms with E-state index in [-0.39, 0.29) is 0 Å². The number of ether oxygens (including phenoxy) is 3. The fourth-order valence-corrected chi connectivity index (χ4v) is 4.27. The van der Waals surface area contributed by atoms with Crippen LogP contribution in [0.5, 0.6) is 11.5 Å². The number of nitrogens with one attached hydrogen (secondary N) is 1. The maximum absolute atomic E-state index is 12.7. The van der Waals surface area contributed by atoms with Gasteiger partial charge in [0.25, 0.3) is 0 Å². The molecule has 1 aliphatic carbocycles. The van der Waals surface area contributed by atoms with Gasteiger partial charge in [-0.1, -0.05) is 24.3 Å². The second kappa shape index (κ2) is 8.90. The highest BCUT2D eigenvalue weighted by Crippen LogP contribution is 2.38. The van der Waals surface area contributed by atoms with Crippen LogP contribution in [0.25, 0.3) is 5.65 Å². The summed E-state index contributed by atoms with van der Waals surface area (Å²) in [6, 6.07) is 18.4. The maximum Gasteiger partial charge on any atom is 0.412 e. The Kier molecular flexibility index (Phi) is 5.63. The number of aryl methyl sites for hydroxylation is 1. The van der Waals surface area contributed by atoms with Crippen LogP contribution < -0.4 is 14.8 Å². The summed E-state index contributed by atoms with van der Waals surface area (Å²) in [5.74, 6) is 1.20. The van der Waals surface area contributed by atoms with E-state index in [0.717, 1.165) is 17.4 Å². The molecule has 1 aliphatic rings. The first-order valence-corrected chi connectivity index (χ1v) is 10.9. The minimum atomic E-state index is -0.574. The van der Waals surface area contributed by atoms with Gasteiger partial charge < -0.3 is 14.2 Å². The van der Waals surface area contributed by atoms with Gasteiger partial charge in [-0.25, -0.2) is 9.78 Å². The average Bonchev–Trinajstić information content (AvgIpc) is 3.36. The van der Waals surface area contributed by atoms with E-state index in [0.29, 0.717) is 40.6 Å². The first kappa shape index (κ1) is 21.5. The van der Waals surface area contributed by atoms with Gasteiger partial charge in [0.2, 0.25) is 0 Å². The van der Waals surface area contributed by atoms with Crippen molar-refractivity contribution >= 4 is 23.7 Å². The van der Waals surface area contributed by atoms with Crippen LogP contribution in [0.2, 0.25) is 0 Å². The van der Waals surface area contributed by atoms with Crippen molar-refractivity contribution in [3.05, 3.63) is 89.4 Å². The molecule has 1 N–H and O–H groups in total. The Morgan fingerprint density at radius 2 is 1.91 bits per heavy atom. The molecule has 2 heterocycles. The Balaban J connectivity index is 1.40. The number of methoxy groups -OCH3 is 1. The molecule has 8 heteroatoms. The molecular weight excluding hydrogens is 434 g/mol. The number of imidazole rings is 1. The van der Waals surface area contributed by atoms with E-state index in [9.17, 15) is 9.59 Å². The van der Waals surface area contributed by atoms with E-state index in [2.05, 4.69) is 10.3 Å². The monoisotopic (exact) mass is 457 g/mol. The molecule has 2 aromatic carbocycles. The summed E-state index contributed by atoms with van der Waals surface area (Å²) in [6.07, 6.45) is 1.42. The fraction of sp³-hybridized carbons (Fsp3) is 0.192. The largest absolute Gasteiger partial charge is 0.497 e. The number of amides is 1. The second-order valence-electron chi connectivity index (χ2n) is 8.01. The predicted octanol–water partition coefficient (Wildman–Crippen LogP) is 4.76. The van der Waals surface area contributed by atoms with E-state index < -0.39 is 18.3 Å². The summed E-state index contributed by atoms with van der Waals surface area (Å²) in [5.41, 5.74) is 4.22. The molecule has 2 unspecified atom stereocenters. The smallest absolute Gasteiger partial charge is 0.412 e. The van der Waals surface area contributed by atoms with Gasteiger partial charge in [-0.15, -0.1) is 0 Å². The summed E-state index contributed by atoms with van der Waals surface area (Å²) < 4.78 is 19.1. The standard InChI is InChI=1S/C26H23N3O5/c1-16-21(15-30)29-13-5-8-22(25(29)27-16)33-24-20-7-4-3-6-17(20)14-23(24)34-26(31)28-18-9-11-19(32-2)12-10-18/h3-13,15,23-24H,14H2,1-2H3,(H,28,31). The quantitative estimate of drug-likeness (QED) is 0.420. The van der Waals surface area contributed by atoms with Crippen LogP contribution in [0.4, 0.5) is 10.5 Å². The lowest BCUT2D eigenvalue weighted by molar-refractivity contribution is 0.0333. The molecule has 5 rings (SSSR count). The topological polar surface area (TPSA) is 91.2 Å². The molecule has 34 heavy (non-hydrogen) atoms. The van der Waals surface area contributed by atoms with Crippen molar-refractivity contribution in [3.8, 4) is 11.5 Å². The number of hydrogen-bond donors (Lipinski definition) is 1. The number of aromatic nitrogens is 2. The minimum Gasteiger partial charge on any atom is -0.497 e. The van der Waals surface area contributed by atoms with Crippen LogP contribution in [0.1, 0.15) is 33.4 Å². The van der Waals surface area contributed by atoms with Crippen molar-refractivity contribution in [1.29, 1.82) is 0 Å². The molecule has 0 saturated carbocycles. The third kappa shape index (κ3) is 3.94. The molecule has 0 fully saturated rings. The molecule has 2 aromatic heterocycles. The molecule has 0 bridgehead atoms. The van der Waals surface area contributed by atoms with Crippen LogP contribution in [0.15, 0.2) is 66.9 Å². The lowest BCUT2D eigenvalue weighted by atomic mass is 10.1. The Labute approximate surface area is 196 Å². The predicted molar refractivity (Wildman–Crippen MR) is 126 cm³/mol. The minimum absolute atomic E-state index is 0.471. The van der Waals surface area contributed by atoms with Crippen molar-refractivity contribution in [3.63, 3.8) is 0 Å². The summed E-state index contributed by atoms with van der Waals surface area (Å²) in [4.78, 5) is 28.7. The number of carbonyl (C=O) groups excluding carboxylic acids is 2. The van der Waals surface area contributed by atoms with Crippen molar-refractivity contribution < 1.29 is 23.8 Å². The van der Waals surface area contributed by atoms with E-state index in [1.54, 1.807) is 61.0 Å². The molecule has 4 aromatic rings. The van der Waals surface area contributed by atoms with Gasteiger partial charge in [-0.3, -0.25) is 14.5 Å². The maximum atomic E-state index is 12.7. The number of carbonyl (C=O) groups is 2. The third-order valence-electron chi connectivity index (χ3n) is 5.92. The molecule has 0 radical (unpaired) electrons. The zero-order chi connectivity index (χ0) is 23.7. The van der Waals surface area contributed by atoms with Crippen LogP contribution in [0.3, 0.4) is 0 Å². The summed E-state index contributed by atoms with van der Waals surface area (Å²) in [6.45, 7) is 1.78. The third-order valence-corrected chi connectivity index (χ3v) is 5.92. The van der Waals surface area contributed by atoms with Crippen molar-refractivity contribution in [2.24, 2.45) is 0 Å². The number of fused-ring (bicyclic) bond motifs is 2. The van der Waals surface area contributed by atoms with E-state index >= 15 is 0 Å². The van der Waals surface area contributed by atoms with Gasteiger partial charge in [0, 0.05) is 18.3 Å². The number of rotatable bonds is 6. The first-order valence-electron chi connectivity index (χ1n) is 10.9. The second-order valence-corrected chi connectivity index (χ2v) is 8.01. The molecule has 1 amide bonds. The van der Waals surface area contributed by atoms with Gasteiger partial charge in [-0.2, -0.15) is 0 Å². The number of hydrogen-bond acceptors (Lipinski definition) is 6. The Morgan fingerprint density at radius 1 is 1.12 bits per heavy atom. The summed E-state index contributed by atoms with van der Waals surface area (Å²) in [7, 11) is 1.58. The highest BCUT2D eigenvalue weighted by Gasteiger charge is 2.37. The first-order chi connectivity index (χ1) is 16.6. The van der Waals surface area contributed by atoms with Crippen molar-refractivity contribution in [2.45, 2.75) is 25.6 Å². The molecule has 0 saturated heterocycles. The van der Waals surface area contributed by atoms with Crippen LogP contribution in [-0.2, 0) is 11.2 Å². The van der Waals surface area contributed by atoms with Crippen LogP contribution in [0, 0.1) is 6.92 Å². The lowest BCUT2D eigenvalue weighted by Crippen LogP contribution is -2.28. The van der Waals surface area contributed by atoms with Gasteiger partial charge in [-0.05, 0) is 54.4 Å². The van der Waals surface area contributed by atoms with E-state index in [1.807, 2.05) is 24.3 Å². The van der Waals surface area contributed by atoms with Crippen LogP contribution in [-0.4, -0.2) is 35.0 Å². The van der Waals surface area contributed by atoms with Gasteiger partial charge >= 0.3 is 6.09 Å².